The van der Waals surface area contributed by atoms with Crippen LogP contribution in [0.2, 0.25) is 0 Å². The molecule has 3 atom stereocenters. The zero-order chi connectivity index (χ0) is 11.1. The molecular weight excluding hydrogens is 186 g/mol. The highest BCUT2D eigenvalue weighted by atomic mass is 16.5. The van der Waals surface area contributed by atoms with Crippen molar-refractivity contribution in [1.82, 2.24) is 5.32 Å². The van der Waals surface area contributed by atoms with Gasteiger partial charge in [-0.2, -0.15) is 0 Å². The zero-order valence-electron chi connectivity index (χ0n) is 10.6. The summed E-state index contributed by atoms with van der Waals surface area (Å²) < 4.78 is 5.65. The van der Waals surface area contributed by atoms with Crippen LogP contribution < -0.4 is 5.32 Å². The van der Waals surface area contributed by atoms with Crippen LogP contribution in [-0.2, 0) is 4.74 Å². The third-order valence-electron chi connectivity index (χ3n) is 3.74. The minimum atomic E-state index is 0.577. The average Bonchev–Trinajstić information content (AvgIpc) is 2.73. The van der Waals surface area contributed by atoms with E-state index in [0.717, 1.165) is 31.5 Å². The third-order valence-corrected chi connectivity index (χ3v) is 3.74. The molecule has 2 heteroatoms. The topological polar surface area (TPSA) is 21.3 Å². The summed E-state index contributed by atoms with van der Waals surface area (Å²) in [4.78, 5) is 0. The van der Waals surface area contributed by atoms with Crippen LogP contribution in [0.5, 0.6) is 0 Å². The summed E-state index contributed by atoms with van der Waals surface area (Å²) in [5, 5.41) is 3.42. The van der Waals surface area contributed by atoms with Crippen LogP contribution in [0.4, 0.5) is 0 Å². The fourth-order valence-corrected chi connectivity index (χ4v) is 2.66. The molecule has 0 amide bonds. The molecule has 90 valence electrons. The molecule has 1 aliphatic carbocycles. The predicted molar refractivity (Wildman–Crippen MR) is 65.1 cm³/mol. The lowest BCUT2D eigenvalue weighted by Crippen LogP contribution is -2.36. The molecule has 1 N–H and O–H groups in total. The molecule has 1 fully saturated rings. The van der Waals surface area contributed by atoms with E-state index in [4.69, 9.17) is 4.74 Å². The summed E-state index contributed by atoms with van der Waals surface area (Å²) in [6, 6.07) is 0.577. The highest BCUT2D eigenvalue weighted by Gasteiger charge is 2.29. The van der Waals surface area contributed by atoms with Crippen LogP contribution >= 0.6 is 0 Å². The molecule has 0 radical (unpaired) electrons. The summed E-state index contributed by atoms with van der Waals surface area (Å²) >= 11 is 0. The van der Waals surface area contributed by atoms with E-state index in [1.54, 1.807) is 0 Å². The Bertz CT molecular complexity index is 161. The van der Waals surface area contributed by atoms with Gasteiger partial charge in [-0.1, -0.05) is 26.7 Å². The van der Waals surface area contributed by atoms with E-state index in [0.29, 0.717) is 6.04 Å². The van der Waals surface area contributed by atoms with E-state index in [2.05, 4.69) is 26.2 Å². The molecule has 1 rings (SSSR count). The van der Waals surface area contributed by atoms with E-state index in [-0.39, 0.29) is 0 Å². The summed E-state index contributed by atoms with van der Waals surface area (Å²) in [6.45, 7) is 6.28. The Morgan fingerprint density at radius 1 is 1.33 bits per heavy atom. The number of hydrogen-bond acceptors (Lipinski definition) is 2. The normalized spacial score (nSPS) is 28.2. The molecule has 0 saturated heterocycles. The van der Waals surface area contributed by atoms with Crippen molar-refractivity contribution >= 4 is 0 Å². The van der Waals surface area contributed by atoms with Gasteiger partial charge in [-0.05, 0) is 38.1 Å². The van der Waals surface area contributed by atoms with Crippen LogP contribution in [0.15, 0.2) is 0 Å². The summed E-state index contributed by atoms with van der Waals surface area (Å²) in [5.41, 5.74) is 0. The molecule has 0 bridgehead atoms. The van der Waals surface area contributed by atoms with Gasteiger partial charge >= 0.3 is 0 Å². The molecule has 0 aliphatic heterocycles. The number of ether oxygens (including phenoxy) is 1. The summed E-state index contributed by atoms with van der Waals surface area (Å²) in [6.07, 6.45) is 6.69. The molecule has 1 saturated carbocycles. The maximum absolute atomic E-state index is 5.65. The van der Waals surface area contributed by atoms with Gasteiger partial charge in [0.25, 0.3) is 0 Å². The Morgan fingerprint density at radius 2 is 2.13 bits per heavy atom. The fraction of sp³-hybridized carbons (Fsp3) is 1.00. The second-order valence-electron chi connectivity index (χ2n) is 4.82. The predicted octanol–water partition coefficient (Wildman–Crippen LogP) is 2.83. The van der Waals surface area contributed by atoms with Gasteiger partial charge in [0.2, 0.25) is 0 Å². The summed E-state index contributed by atoms with van der Waals surface area (Å²) in [7, 11) is 2.07. The Morgan fingerprint density at radius 3 is 2.67 bits per heavy atom. The van der Waals surface area contributed by atoms with Gasteiger partial charge in [-0.15, -0.1) is 0 Å². The van der Waals surface area contributed by atoms with E-state index >= 15 is 0 Å². The summed E-state index contributed by atoms with van der Waals surface area (Å²) in [5.74, 6) is 1.81. The lowest BCUT2D eigenvalue weighted by molar-refractivity contribution is 0.0959. The van der Waals surface area contributed by atoms with Crippen molar-refractivity contribution < 1.29 is 4.74 Å². The third kappa shape index (κ3) is 4.12. The minimum absolute atomic E-state index is 0.577. The molecule has 0 aromatic heterocycles. The van der Waals surface area contributed by atoms with Crippen LogP contribution in [-0.4, -0.2) is 26.3 Å². The average molecular weight is 213 g/mol. The number of hydrogen-bond donors (Lipinski definition) is 1. The molecular formula is C13H27NO. The van der Waals surface area contributed by atoms with Gasteiger partial charge in [0.05, 0.1) is 6.61 Å². The SMILES string of the molecule is CCCOCC(NC)C1CCC(CC)C1. The highest BCUT2D eigenvalue weighted by Crippen LogP contribution is 2.34. The first kappa shape index (κ1) is 13.0. The smallest absolute Gasteiger partial charge is 0.0622 e. The number of rotatable bonds is 7. The minimum Gasteiger partial charge on any atom is -0.380 e. The van der Waals surface area contributed by atoms with Crippen LogP contribution in [0.3, 0.4) is 0 Å². The Kier molecular flexibility index (Phi) is 6.26. The van der Waals surface area contributed by atoms with Crippen LogP contribution in [0.1, 0.15) is 46.0 Å². The second kappa shape index (κ2) is 7.24. The van der Waals surface area contributed by atoms with Crippen molar-refractivity contribution in [3.63, 3.8) is 0 Å². The van der Waals surface area contributed by atoms with Gasteiger partial charge in [-0.3, -0.25) is 0 Å². The molecule has 0 heterocycles. The Balaban J connectivity index is 2.25. The maximum atomic E-state index is 5.65. The van der Waals surface area contributed by atoms with E-state index in [9.17, 15) is 0 Å². The van der Waals surface area contributed by atoms with E-state index in [1.165, 1.54) is 25.7 Å². The Hall–Kier alpha value is -0.0800. The van der Waals surface area contributed by atoms with Gasteiger partial charge < -0.3 is 10.1 Å². The fourth-order valence-electron chi connectivity index (χ4n) is 2.66. The van der Waals surface area contributed by atoms with Gasteiger partial charge in [0.15, 0.2) is 0 Å². The number of nitrogens with one attached hydrogen (secondary N) is 1. The van der Waals surface area contributed by atoms with Crippen LogP contribution in [0, 0.1) is 11.8 Å². The van der Waals surface area contributed by atoms with Crippen molar-refractivity contribution in [1.29, 1.82) is 0 Å². The standard InChI is InChI=1S/C13H27NO/c1-4-8-15-10-13(14-3)12-7-6-11(5-2)9-12/h11-14H,4-10H2,1-3H3. The van der Waals surface area contributed by atoms with Crippen molar-refractivity contribution in [3.8, 4) is 0 Å². The first-order valence-electron chi connectivity index (χ1n) is 6.56. The van der Waals surface area contributed by atoms with Gasteiger partial charge in [-0.25, -0.2) is 0 Å². The molecule has 15 heavy (non-hydrogen) atoms. The largest absolute Gasteiger partial charge is 0.380 e. The van der Waals surface area contributed by atoms with E-state index < -0.39 is 0 Å². The monoisotopic (exact) mass is 213 g/mol. The number of likely N-dealkylation sites (N-methyl/N-ethyl adjacent to an activating group) is 1. The highest BCUT2D eigenvalue weighted by molar-refractivity contribution is 4.83. The molecule has 3 unspecified atom stereocenters. The van der Waals surface area contributed by atoms with Crippen LogP contribution in [0.25, 0.3) is 0 Å². The first-order chi connectivity index (χ1) is 7.31. The lowest BCUT2D eigenvalue weighted by Gasteiger charge is -2.23. The zero-order valence-corrected chi connectivity index (χ0v) is 10.6. The first-order valence-corrected chi connectivity index (χ1v) is 6.56. The second-order valence-corrected chi connectivity index (χ2v) is 4.82. The lowest BCUT2D eigenvalue weighted by atomic mass is 9.96. The van der Waals surface area contributed by atoms with Gasteiger partial charge in [0.1, 0.15) is 0 Å². The molecule has 2 nitrogen and oxygen atoms in total. The molecule has 1 aliphatic rings. The maximum Gasteiger partial charge on any atom is 0.0622 e. The van der Waals surface area contributed by atoms with Gasteiger partial charge in [0, 0.05) is 12.6 Å². The van der Waals surface area contributed by atoms with E-state index in [1.807, 2.05) is 0 Å². The molecule has 0 aromatic rings. The van der Waals surface area contributed by atoms with Crippen molar-refractivity contribution in [2.45, 2.75) is 52.0 Å². The molecule has 0 spiro atoms. The molecule has 0 aromatic carbocycles. The quantitative estimate of drug-likeness (QED) is 0.657. The van der Waals surface area contributed by atoms with Crippen molar-refractivity contribution in [3.05, 3.63) is 0 Å². The van der Waals surface area contributed by atoms with Crippen molar-refractivity contribution in [2.24, 2.45) is 11.8 Å². The Labute approximate surface area is 94.8 Å². The van der Waals surface area contributed by atoms with Crippen molar-refractivity contribution in [2.75, 3.05) is 20.3 Å².